The number of hydrogen-bond donors (Lipinski definition) is 1. The molecule has 2 aromatic heterocycles. The van der Waals surface area contributed by atoms with Crippen molar-refractivity contribution in [3.63, 3.8) is 0 Å². The van der Waals surface area contributed by atoms with Gasteiger partial charge in [-0.25, -0.2) is 4.79 Å². The Labute approximate surface area is 119 Å². The Bertz CT molecular complexity index is 580. The minimum absolute atomic E-state index is 0.207. The molecule has 8 nitrogen and oxygen atoms in total. The monoisotopic (exact) mass is 294 g/mol. The SMILES string of the molecule is CN(CCc1noc(C2CC2)n1)C(=O)Nc1cnns1. The van der Waals surface area contributed by atoms with Crippen molar-refractivity contribution in [2.24, 2.45) is 0 Å². The van der Waals surface area contributed by atoms with E-state index in [1.807, 2.05) is 0 Å². The molecule has 9 heteroatoms. The highest BCUT2D eigenvalue weighted by atomic mass is 32.1. The number of carbonyl (C=O) groups is 1. The molecule has 0 aliphatic heterocycles. The lowest BCUT2D eigenvalue weighted by atomic mass is 10.4. The van der Waals surface area contributed by atoms with Crippen molar-refractivity contribution in [3.05, 3.63) is 17.9 Å². The molecule has 1 aliphatic rings. The van der Waals surface area contributed by atoms with Gasteiger partial charge >= 0.3 is 6.03 Å². The van der Waals surface area contributed by atoms with Crippen molar-refractivity contribution in [2.75, 3.05) is 18.9 Å². The van der Waals surface area contributed by atoms with E-state index in [4.69, 9.17) is 4.52 Å². The first kappa shape index (κ1) is 13.0. The number of rotatable bonds is 5. The Morgan fingerprint density at radius 2 is 2.45 bits per heavy atom. The molecule has 0 saturated heterocycles. The minimum Gasteiger partial charge on any atom is -0.339 e. The summed E-state index contributed by atoms with van der Waals surface area (Å²) >= 11 is 1.14. The summed E-state index contributed by atoms with van der Waals surface area (Å²) in [6.45, 7) is 0.516. The molecule has 20 heavy (non-hydrogen) atoms. The van der Waals surface area contributed by atoms with Crippen LogP contribution in [0.3, 0.4) is 0 Å². The molecule has 2 amide bonds. The number of likely N-dealkylation sites (N-methyl/N-ethyl adjacent to an activating group) is 1. The number of hydrogen-bond acceptors (Lipinski definition) is 7. The van der Waals surface area contributed by atoms with Gasteiger partial charge in [0.25, 0.3) is 0 Å². The molecule has 2 heterocycles. The van der Waals surface area contributed by atoms with Crippen LogP contribution in [0.15, 0.2) is 10.7 Å². The molecule has 1 N–H and O–H groups in total. The van der Waals surface area contributed by atoms with Crippen molar-refractivity contribution in [2.45, 2.75) is 25.2 Å². The lowest BCUT2D eigenvalue weighted by Gasteiger charge is -2.15. The second kappa shape index (κ2) is 5.53. The van der Waals surface area contributed by atoms with E-state index in [1.165, 1.54) is 6.20 Å². The number of anilines is 1. The van der Waals surface area contributed by atoms with Crippen LogP contribution >= 0.6 is 11.5 Å². The third kappa shape index (κ3) is 3.10. The maximum atomic E-state index is 11.9. The third-order valence-corrected chi connectivity index (χ3v) is 3.60. The van der Waals surface area contributed by atoms with Crippen LogP contribution in [0.2, 0.25) is 0 Å². The van der Waals surface area contributed by atoms with Crippen LogP contribution in [0.1, 0.15) is 30.5 Å². The van der Waals surface area contributed by atoms with Gasteiger partial charge in [-0.1, -0.05) is 9.64 Å². The van der Waals surface area contributed by atoms with E-state index in [1.54, 1.807) is 11.9 Å². The summed E-state index contributed by atoms with van der Waals surface area (Å²) in [5.74, 6) is 1.82. The zero-order valence-corrected chi connectivity index (χ0v) is 11.8. The average molecular weight is 294 g/mol. The van der Waals surface area contributed by atoms with Gasteiger partial charge in [0.1, 0.15) is 5.00 Å². The number of urea groups is 1. The first-order chi connectivity index (χ1) is 9.72. The normalized spacial score (nSPS) is 14.2. The molecule has 1 saturated carbocycles. The van der Waals surface area contributed by atoms with Crippen molar-refractivity contribution in [1.82, 2.24) is 24.6 Å². The molecule has 0 unspecified atom stereocenters. The van der Waals surface area contributed by atoms with E-state index in [2.05, 4.69) is 25.0 Å². The van der Waals surface area contributed by atoms with Gasteiger partial charge in [0.15, 0.2) is 5.82 Å². The number of aromatic nitrogens is 4. The van der Waals surface area contributed by atoms with Crippen LogP contribution in [0.4, 0.5) is 9.80 Å². The van der Waals surface area contributed by atoms with Crippen LogP contribution < -0.4 is 5.32 Å². The second-order valence-electron chi connectivity index (χ2n) is 4.71. The van der Waals surface area contributed by atoms with E-state index >= 15 is 0 Å². The van der Waals surface area contributed by atoms with Crippen molar-refractivity contribution in [3.8, 4) is 0 Å². The van der Waals surface area contributed by atoms with Gasteiger partial charge in [0, 0.05) is 37.5 Å². The van der Waals surface area contributed by atoms with Gasteiger partial charge in [-0.15, -0.1) is 5.10 Å². The number of amides is 2. The second-order valence-corrected chi connectivity index (χ2v) is 5.49. The Morgan fingerprint density at radius 3 is 3.15 bits per heavy atom. The largest absolute Gasteiger partial charge is 0.339 e. The predicted octanol–water partition coefficient (Wildman–Crippen LogP) is 1.50. The first-order valence-electron chi connectivity index (χ1n) is 6.34. The molecule has 106 valence electrons. The van der Waals surface area contributed by atoms with Gasteiger partial charge in [-0.2, -0.15) is 4.98 Å². The fourth-order valence-corrected chi connectivity index (χ4v) is 2.07. The smallest absolute Gasteiger partial charge is 0.322 e. The lowest BCUT2D eigenvalue weighted by molar-refractivity contribution is 0.222. The van der Waals surface area contributed by atoms with Gasteiger partial charge in [0.05, 0.1) is 6.20 Å². The topological polar surface area (TPSA) is 97.0 Å². The number of nitrogens with zero attached hydrogens (tertiary/aromatic N) is 5. The van der Waals surface area contributed by atoms with Crippen LogP contribution in [-0.2, 0) is 6.42 Å². The first-order valence-corrected chi connectivity index (χ1v) is 7.11. The summed E-state index contributed by atoms with van der Waals surface area (Å²) in [4.78, 5) is 17.7. The molecule has 0 radical (unpaired) electrons. The summed E-state index contributed by atoms with van der Waals surface area (Å²) in [5, 5.41) is 10.9. The Balaban J connectivity index is 1.47. The highest BCUT2D eigenvalue weighted by molar-refractivity contribution is 7.10. The average Bonchev–Trinajstić information content (AvgIpc) is 2.98. The van der Waals surface area contributed by atoms with E-state index in [-0.39, 0.29) is 6.03 Å². The standard InChI is InChI=1S/C11H14N6O2S/c1-17(11(18)14-9-6-12-16-20-9)5-4-8-13-10(19-15-8)7-2-3-7/h6-7H,2-5H2,1H3,(H,14,18). The van der Waals surface area contributed by atoms with E-state index < -0.39 is 0 Å². The van der Waals surface area contributed by atoms with Gasteiger partial charge < -0.3 is 9.42 Å². The molecular formula is C11H14N6O2S. The third-order valence-electron chi connectivity index (χ3n) is 3.02. The van der Waals surface area contributed by atoms with Crippen LogP contribution in [-0.4, -0.2) is 44.3 Å². The van der Waals surface area contributed by atoms with Gasteiger partial charge in [-0.05, 0) is 12.8 Å². The quantitative estimate of drug-likeness (QED) is 0.897. The maximum absolute atomic E-state index is 11.9. The molecule has 0 bridgehead atoms. The van der Waals surface area contributed by atoms with Crippen LogP contribution in [0.25, 0.3) is 0 Å². The fourth-order valence-electron chi connectivity index (χ4n) is 1.66. The summed E-state index contributed by atoms with van der Waals surface area (Å²) in [6, 6.07) is -0.207. The van der Waals surface area contributed by atoms with Crippen LogP contribution in [0, 0.1) is 0 Å². The van der Waals surface area contributed by atoms with E-state index in [0.29, 0.717) is 29.7 Å². The predicted molar refractivity (Wildman–Crippen MR) is 71.5 cm³/mol. The minimum atomic E-state index is -0.207. The van der Waals surface area contributed by atoms with Crippen molar-refractivity contribution >= 4 is 22.6 Å². The maximum Gasteiger partial charge on any atom is 0.322 e. The summed E-state index contributed by atoms with van der Waals surface area (Å²) < 4.78 is 8.85. The molecule has 0 aromatic carbocycles. The molecule has 1 fully saturated rings. The van der Waals surface area contributed by atoms with Crippen molar-refractivity contribution in [1.29, 1.82) is 0 Å². The molecular weight excluding hydrogens is 280 g/mol. The van der Waals surface area contributed by atoms with E-state index in [9.17, 15) is 4.79 Å². The van der Waals surface area contributed by atoms with Crippen molar-refractivity contribution < 1.29 is 9.32 Å². The number of carbonyl (C=O) groups excluding carboxylic acids is 1. The summed E-state index contributed by atoms with van der Waals surface area (Å²) in [7, 11) is 1.71. The fraction of sp³-hybridized carbons (Fsp3) is 0.545. The zero-order valence-electron chi connectivity index (χ0n) is 10.9. The molecule has 1 aliphatic carbocycles. The Morgan fingerprint density at radius 1 is 1.60 bits per heavy atom. The Hall–Kier alpha value is -2.03. The molecule has 3 rings (SSSR count). The highest BCUT2D eigenvalue weighted by Gasteiger charge is 2.29. The highest BCUT2D eigenvalue weighted by Crippen LogP contribution is 2.38. The van der Waals surface area contributed by atoms with Crippen LogP contribution in [0.5, 0.6) is 0 Å². The molecule has 0 atom stereocenters. The summed E-state index contributed by atoms with van der Waals surface area (Å²) in [6.07, 6.45) is 4.35. The zero-order chi connectivity index (χ0) is 13.9. The molecule has 2 aromatic rings. The number of nitrogens with one attached hydrogen (secondary N) is 1. The molecule has 0 spiro atoms. The Kier molecular flexibility index (Phi) is 3.59. The summed E-state index contributed by atoms with van der Waals surface area (Å²) in [5.41, 5.74) is 0. The van der Waals surface area contributed by atoms with E-state index in [0.717, 1.165) is 30.3 Å². The van der Waals surface area contributed by atoms with Gasteiger partial charge in [-0.3, -0.25) is 5.32 Å². The van der Waals surface area contributed by atoms with Gasteiger partial charge in [0.2, 0.25) is 5.89 Å². The lowest BCUT2D eigenvalue weighted by Crippen LogP contribution is -2.32.